The number of hydrogen-bond donors (Lipinski definition) is 0. The van der Waals surface area contributed by atoms with E-state index in [0.29, 0.717) is 5.54 Å². The number of hydrogen-bond acceptors (Lipinski definition) is 3. The Morgan fingerprint density at radius 1 is 0.880 bits per heavy atom. The van der Waals surface area contributed by atoms with Gasteiger partial charge in [0.2, 0.25) is 0 Å². The molecule has 3 rings (SSSR count). The second kappa shape index (κ2) is 9.16. The van der Waals surface area contributed by atoms with Crippen molar-refractivity contribution in [1.82, 2.24) is 14.7 Å². The van der Waals surface area contributed by atoms with Crippen LogP contribution in [0.1, 0.15) is 51.5 Å². The second-order valence-electron chi connectivity index (χ2n) is 7.96. The van der Waals surface area contributed by atoms with Crippen LogP contribution in [0.4, 0.5) is 0 Å². The summed E-state index contributed by atoms with van der Waals surface area (Å²) in [5, 5.41) is 0. The molecular formula is C22H37N3. The molecule has 2 aliphatic rings. The lowest BCUT2D eigenvalue weighted by atomic mass is 9.90. The van der Waals surface area contributed by atoms with Crippen LogP contribution in [0.25, 0.3) is 0 Å². The van der Waals surface area contributed by atoms with Crippen LogP contribution in [0, 0.1) is 0 Å². The molecule has 1 heterocycles. The Morgan fingerprint density at radius 3 is 2.08 bits per heavy atom. The zero-order valence-corrected chi connectivity index (χ0v) is 16.4. The lowest BCUT2D eigenvalue weighted by molar-refractivity contribution is 0.0654. The largest absolute Gasteiger partial charge is 0.301 e. The predicted molar refractivity (Wildman–Crippen MR) is 107 cm³/mol. The lowest BCUT2D eigenvalue weighted by Gasteiger charge is -2.43. The first-order valence-electron chi connectivity index (χ1n) is 10.5. The van der Waals surface area contributed by atoms with Gasteiger partial charge in [0.1, 0.15) is 0 Å². The predicted octanol–water partition coefficient (Wildman–Crippen LogP) is 3.85. The van der Waals surface area contributed by atoms with Gasteiger partial charge in [0.25, 0.3) is 0 Å². The first-order valence-corrected chi connectivity index (χ1v) is 10.5. The zero-order valence-electron chi connectivity index (χ0n) is 16.4. The lowest BCUT2D eigenvalue weighted by Crippen LogP contribution is -2.51. The molecule has 1 aromatic carbocycles. The van der Waals surface area contributed by atoms with Crippen molar-refractivity contribution in [3.05, 3.63) is 35.9 Å². The molecule has 1 aromatic rings. The fourth-order valence-corrected chi connectivity index (χ4v) is 5.03. The molecule has 0 radical (unpaired) electrons. The normalized spacial score (nSPS) is 21.9. The van der Waals surface area contributed by atoms with E-state index in [-0.39, 0.29) is 0 Å². The van der Waals surface area contributed by atoms with Gasteiger partial charge in [0.15, 0.2) is 0 Å². The Labute approximate surface area is 155 Å². The van der Waals surface area contributed by atoms with E-state index in [0.717, 1.165) is 6.54 Å². The van der Waals surface area contributed by atoms with Crippen molar-refractivity contribution in [3.8, 4) is 0 Å². The molecule has 1 saturated carbocycles. The minimum absolute atomic E-state index is 0.505. The van der Waals surface area contributed by atoms with Gasteiger partial charge in [-0.2, -0.15) is 0 Å². The van der Waals surface area contributed by atoms with Crippen LogP contribution in [0.3, 0.4) is 0 Å². The third-order valence-corrected chi connectivity index (χ3v) is 6.58. The third-order valence-electron chi connectivity index (χ3n) is 6.58. The minimum atomic E-state index is 0.505. The van der Waals surface area contributed by atoms with Gasteiger partial charge in [-0.3, -0.25) is 9.80 Å². The molecule has 1 aliphatic heterocycles. The molecule has 0 unspecified atom stereocenters. The summed E-state index contributed by atoms with van der Waals surface area (Å²) in [7, 11) is 0. The maximum Gasteiger partial charge on any atom is 0.0234 e. The van der Waals surface area contributed by atoms with Crippen molar-refractivity contribution in [2.75, 3.05) is 45.8 Å². The van der Waals surface area contributed by atoms with E-state index in [1.54, 1.807) is 0 Å². The highest BCUT2D eigenvalue weighted by molar-refractivity contribution is 5.14. The smallest absolute Gasteiger partial charge is 0.0234 e. The summed E-state index contributed by atoms with van der Waals surface area (Å²) in [5.41, 5.74) is 1.95. The van der Waals surface area contributed by atoms with Gasteiger partial charge < -0.3 is 4.90 Å². The van der Waals surface area contributed by atoms with E-state index in [4.69, 9.17) is 0 Å². The summed E-state index contributed by atoms with van der Waals surface area (Å²) in [6.07, 6.45) is 7.07. The van der Waals surface area contributed by atoms with Gasteiger partial charge in [-0.15, -0.1) is 0 Å². The molecule has 25 heavy (non-hydrogen) atoms. The maximum absolute atomic E-state index is 2.76. The standard InChI is InChI=1S/C22H37N3/c1-3-25(4-2)22(12-8-9-13-22)14-15-23-16-18-24(19-17-23)20-21-10-6-5-7-11-21/h5-7,10-11H,3-4,8-9,12-20H2,1-2H3. The molecule has 0 atom stereocenters. The van der Waals surface area contributed by atoms with Crippen LogP contribution in [0.15, 0.2) is 30.3 Å². The van der Waals surface area contributed by atoms with Crippen LogP contribution in [0.5, 0.6) is 0 Å². The van der Waals surface area contributed by atoms with Crippen LogP contribution in [-0.4, -0.2) is 66.1 Å². The summed E-state index contributed by atoms with van der Waals surface area (Å²) in [5.74, 6) is 0. The fourth-order valence-electron chi connectivity index (χ4n) is 5.03. The summed E-state index contributed by atoms with van der Waals surface area (Å²) < 4.78 is 0. The van der Waals surface area contributed by atoms with E-state index in [9.17, 15) is 0 Å². The third kappa shape index (κ3) is 4.84. The van der Waals surface area contributed by atoms with Crippen LogP contribution < -0.4 is 0 Å². The van der Waals surface area contributed by atoms with Crippen molar-refractivity contribution in [2.45, 2.75) is 58.0 Å². The van der Waals surface area contributed by atoms with Gasteiger partial charge in [-0.25, -0.2) is 0 Å². The van der Waals surface area contributed by atoms with Gasteiger partial charge in [-0.05, 0) is 44.5 Å². The summed E-state index contributed by atoms with van der Waals surface area (Å²) >= 11 is 0. The summed E-state index contributed by atoms with van der Waals surface area (Å²) in [6.45, 7) is 14.4. The van der Waals surface area contributed by atoms with Crippen molar-refractivity contribution >= 4 is 0 Å². The number of piperazine rings is 1. The molecule has 3 heteroatoms. The van der Waals surface area contributed by atoms with Crippen LogP contribution in [-0.2, 0) is 6.54 Å². The van der Waals surface area contributed by atoms with E-state index in [1.807, 2.05) is 0 Å². The Bertz CT molecular complexity index is 483. The van der Waals surface area contributed by atoms with Gasteiger partial charge in [0, 0.05) is 38.3 Å². The SMILES string of the molecule is CCN(CC)C1(CCN2CCN(Cc3ccccc3)CC2)CCCC1. The highest BCUT2D eigenvalue weighted by atomic mass is 15.3. The van der Waals surface area contributed by atoms with Crippen LogP contribution in [0.2, 0.25) is 0 Å². The van der Waals surface area contributed by atoms with E-state index in [2.05, 4.69) is 58.9 Å². The molecule has 0 N–H and O–H groups in total. The quantitative estimate of drug-likeness (QED) is 0.710. The fraction of sp³-hybridized carbons (Fsp3) is 0.727. The molecule has 1 aliphatic carbocycles. The molecule has 0 aromatic heterocycles. The average Bonchev–Trinajstić information content (AvgIpc) is 3.13. The highest BCUT2D eigenvalue weighted by Crippen LogP contribution is 2.38. The van der Waals surface area contributed by atoms with Gasteiger partial charge in [-0.1, -0.05) is 57.0 Å². The summed E-state index contributed by atoms with van der Waals surface area (Å²) in [6, 6.07) is 10.9. The van der Waals surface area contributed by atoms with Gasteiger partial charge >= 0.3 is 0 Å². The van der Waals surface area contributed by atoms with Crippen molar-refractivity contribution in [3.63, 3.8) is 0 Å². The Hall–Kier alpha value is -0.900. The molecule has 2 fully saturated rings. The molecule has 0 bridgehead atoms. The highest BCUT2D eigenvalue weighted by Gasteiger charge is 2.38. The topological polar surface area (TPSA) is 9.72 Å². The minimum Gasteiger partial charge on any atom is -0.301 e. The number of nitrogens with zero attached hydrogens (tertiary/aromatic N) is 3. The average molecular weight is 344 g/mol. The Kier molecular flexibility index (Phi) is 6.92. The molecular weight excluding hydrogens is 306 g/mol. The summed E-state index contributed by atoms with van der Waals surface area (Å²) in [4.78, 5) is 8.08. The molecule has 140 valence electrons. The molecule has 3 nitrogen and oxygen atoms in total. The van der Waals surface area contributed by atoms with Crippen molar-refractivity contribution in [1.29, 1.82) is 0 Å². The Balaban J connectivity index is 1.45. The first kappa shape index (κ1) is 18.9. The Morgan fingerprint density at radius 2 is 1.48 bits per heavy atom. The van der Waals surface area contributed by atoms with Crippen LogP contribution >= 0.6 is 0 Å². The maximum atomic E-state index is 2.76. The number of benzene rings is 1. The molecule has 0 spiro atoms. The molecule has 0 amide bonds. The molecule has 1 saturated heterocycles. The van der Waals surface area contributed by atoms with E-state index in [1.165, 1.54) is 83.5 Å². The second-order valence-corrected chi connectivity index (χ2v) is 7.96. The monoisotopic (exact) mass is 343 g/mol. The zero-order chi connectivity index (χ0) is 17.5. The van der Waals surface area contributed by atoms with Crippen molar-refractivity contribution in [2.24, 2.45) is 0 Å². The van der Waals surface area contributed by atoms with Crippen molar-refractivity contribution < 1.29 is 0 Å². The first-order chi connectivity index (χ1) is 12.3. The van der Waals surface area contributed by atoms with Gasteiger partial charge in [0.05, 0.1) is 0 Å². The van der Waals surface area contributed by atoms with E-state index < -0.39 is 0 Å². The van der Waals surface area contributed by atoms with E-state index >= 15 is 0 Å². The number of rotatable bonds is 8.